The fraction of sp³-hybridized carbons (Fsp3) is 0.0476. The van der Waals surface area contributed by atoms with E-state index in [9.17, 15) is 3.89 Å². The minimum Gasteiger partial charge on any atom is -0.233 e. The zero-order valence-electron chi connectivity index (χ0n) is 25.5. The van der Waals surface area contributed by atoms with Crippen molar-refractivity contribution in [2.75, 3.05) is 0 Å². The second-order valence-electron chi connectivity index (χ2n) is 11.4. The Labute approximate surface area is 274 Å². The van der Waals surface area contributed by atoms with Gasteiger partial charge in [0.2, 0.25) is 0 Å². The van der Waals surface area contributed by atoms with Crippen LogP contribution < -0.4 is 0 Å². The highest BCUT2D eigenvalue weighted by molar-refractivity contribution is 7.94. The Hall–Kier alpha value is -5.32. The Kier molecular flexibility index (Phi) is 8.28. The largest absolute Gasteiger partial charge is 0.233 e. The van der Waals surface area contributed by atoms with Crippen LogP contribution in [0.1, 0.15) is 34.7 Å². The van der Waals surface area contributed by atoms with Crippen LogP contribution in [0.2, 0.25) is 0 Å². The van der Waals surface area contributed by atoms with Crippen molar-refractivity contribution in [2.24, 2.45) is 9.98 Å². The van der Waals surface area contributed by atoms with E-state index in [-0.39, 0.29) is 12.1 Å². The average molecular weight is 615 g/mol. The van der Waals surface area contributed by atoms with Gasteiger partial charge in [-0.3, -0.25) is 0 Å². The molecule has 0 saturated carbocycles. The van der Waals surface area contributed by atoms with Crippen LogP contribution in [0.5, 0.6) is 0 Å². The normalized spacial score (nSPS) is 12.5. The molecule has 0 aliphatic heterocycles. The molecule has 0 unspecified atom stereocenters. The summed E-state index contributed by atoms with van der Waals surface area (Å²) in [4.78, 5) is 10.9. The molecule has 4 heteroatoms. The average Bonchev–Trinajstić information content (AvgIpc) is 3.50. The van der Waals surface area contributed by atoms with Gasteiger partial charge in [-0.25, -0.2) is 9.98 Å². The number of hydrogen-bond donors (Lipinski definition) is 0. The van der Waals surface area contributed by atoms with Crippen LogP contribution in [0, 0.1) is 0 Å². The molecule has 0 heterocycles. The zero-order valence-corrected chi connectivity index (χ0v) is 26.3. The monoisotopic (exact) mass is 614 g/mol. The Morgan fingerprint density at radius 3 is 1.89 bits per heavy atom. The third-order valence-electron chi connectivity index (χ3n) is 8.41. The summed E-state index contributed by atoms with van der Waals surface area (Å²) in [6.45, 7) is 6.49. The van der Waals surface area contributed by atoms with Crippen LogP contribution in [0.4, 0.5) is 3.89 Å². The Balaban J connectivity index is 1.34. The molecule has 222 valence electrons. The Morgan fingerprint density at radius 2 is 1.22 bits per heavy atom. The maximum absolute atomic E-state index is 13.6. The van der Waals surface area contributed by atoms with Crippen molar-refractivity contribution in [1.82, 2.24) is 0 Å². The first-order valence-electron chi connectivity index (χ1n) is 15.3. The molecule has 0 radical (unpaired) electrons. The van der Waals surface area contributed by atoms with Gasteiger partial charge in [-0.2, -0.15) is 3.89 Å². The summed E-state index contributed by atoms with van der Waals surface area (Å²) in [5.41, 5.74) is 13.3. The van der Waals surface area contributed by atoms with Crippen molar-refractivity contribution in [3.8, 4) is 33.4 Å². The van der Waals surface area contributed by atoms with Gasteiger partial charge < -0.3 is 0 Å². The number of benzene rings is 6. The first kappa shape index (κ1) is 29.4. The molecule has 0 aromatic heterocycles. The molecule has 2 nitrogen and oxygen atoms in total. The van der Waals surface area contributed by atoms with E-state index in [1.165, 1.54) is 11.1 Å². The highest BCUT2D eigenvalue weighted by atomic mass is 32.2. The number of halogens is 1. The van der Waals surface area contributed by atoms with E-state index in [0.717, 1.165) is 62.2 Å². The zero-order chi connectivity index (χ0) is 31.5. The van der Waals surface area contributed by atoms with Crippen LogP contribution in [0.25, 0.3) is 39.1 Å². The molecule has 0 atom stereocenters. The summed E-state index contributed by atoms with van der Waals surface area (Å²) in [5, 5.41) is 0. The standard InChI is InChI=1S/C42H31FN2S/c1-28(32-16-9-17-33(24-32)30-12-5-3-6-13-30)44-42(37-20-10-18-34(25-37)31-14-7-4-8-15-31)45-29(2)39-21-11-19-36-26-35-22-23-38(46-43)27-40(35)41(36)39/h3-25,27H,2,26H2,1H3/b44-28+,45-42-. The maximum Gasteiger partial charge on any atom is 0.160 e. The lowest BCUT2D eigenvalue weighted by atomic mass is 9.97. The molecule has 0 bridgehead atoms. The van der Waals surface area contributed by atoms with Crippen LogP contribution in [-0.4, -0.2) is 11.5 Å². The third kappa shape index (κ3) is 6.00. The number of hydrogen-bond acceptors (Lipinski definition) is 2. The van der Waals surface area contributed by atoms with Crippen molar-refractivity contribution >= 4 is 29.4 Å². The van der Waals surface area contributed by atoms with Gasteiger partial charge >= 0.3 is 0 Å². The minimum absolute atomic E-state index is 0.268. The first-order chi connectivity index (χ1) is 22.6. The molecule has 0 fully saturated rings. The van der Waals surface area contributed by atoms with E-state index >= 15 is 0 Å². The predicted octanol–water partition coefficient (Wildman–Crippen LogP) is 11.5. The summed E-state index contributed by atoms with van der Waals surface area (Å²) >= 11 is 0.268. The highest BCUT2D eigenvalue weighted by Crippen LogP contribution is 2.43. The Morgan fingerprint density at radius 1 is 0.609 bits per heavy atom. The van der Waals surface area contributed by atoms with E-state index in [2.05, 4.69) is 85.4 Å². The van der Waals surface area contributed by atoms with E-state index in [0.29, 0.717) is 16.4 Å². The van der Waals surface area contributed by atoms with Crippen LogP contribution in [0.3, 0.4) is 0 Å². The fourth-order valence-corrected chi connectivity index (χ4v) is 6.37. The van der Waals surface area contributed by atoms with Crippen molar-refractivity contribution in [3.05, 3.63) is 180 Å². The first-order valence-corrected chi connectivity index (χ1v) is 16.0. The van der Waals surface area contributed by atoms with Gasteiger partial charge in [0.25, 0.3) is 0 Å². The van der Waals surface area contributed by atoms with Crippen molar-refractivity contribution in [3.63, 3.8) is 0 Å². The number of fused-ring (bicyclic) bond motifs is 3. The molecule has 6 aromatic carbocycles. The minimum atomic E-state index is 0.268. The predicted molar refractivity (Wildman–Crippen MR) is 193 cm³/mol. The lowest BCUT2D eigenvalue weighted by Gasteiger charge is -2.12. The van der Waals surface area contributed by atoms with Gasteiger partial charge in [0.1, 0.15) is 0 Å². The molecule has 6 aromatic rings. The molecule has 7 rings (SSSR count). The number of nitrogens with zero attached hydrogens (tertiary/aromatic N) is 2. The molecule has 1 aliphatic rings. The molecule has 0 N–H and O–H groups in total. The lowest BCUT2D eigenvalue weighted by molar-refractivity contribution is 0.934. The molecule has 0 saturated heterocycles. The SMILES string of the molecule is C=C(/N=C(\N=C(/C)c1cccc(-c2ccccc2)c1)c1cccc(-c2ccccc2)c1)c1cccc2c1-c1cc(SF)ccc1C2. The molecule has 0 spiro atoms. The van der Waals surface area contributed by atoms with Crippen LogP contribution in [-0.2, 0) is 6.42 Å². The second kappa shape index (κ2) is 13.0. The van der Waals surface area contributed by atoms with E-state index in [1.54, 1.807) is 0 Å². The molecule has 46 heavy (non-hydrogen) atoms. The quantitative estimate of drug-likeness (QED) is 0.129. The summed E-state index contributed by atoms with van der Waals surface area (Å²) in [6, 6.07) is 49.4. The van der Waals surface area contributed by atoms with E-state index in [4.69, 9.17) is 9.98 Å². The third-order valence-corrected chi connectivity index (χ3v) is 8.84. The van der Waals surface area contributed by atoms with Gasteiger partial charge in [-0.1, -0.05) is 128 Å². The summed E-state index contributed by atoms with van der Waals surface area (Å²) in [6.07, 6.45) is 0.799. The van der Waals surface area contributed by atoms with Gasteiger partial charge in [-0.15, -0.1) is 0 Å². The molecular formula is C42H31FN2S. The molecule has 0 amide bonds. The summed E-state index contributed by atoms with van der Waals surface area (Å²) in [7, 11) is 0. The van der Waals surface area contributed by atoms with Crippen molar-refractivity contribution in [2.45, 2.75) is 18.2 Å². The van der Waals surface area contributed by atoms with Gasteiger partial charge in [-0.05, 0) is 87.7 Å². The summed E-state index contributed by atoms with van der Waals surface area (Å²) in [5.74, 6) is 0.578. The van der Waals surface area contributed by atoms with Gasteiger partial charge in [0.05, 0.1) is 17.8 Å². The molecular weight excluding hydrogens is 584 g/mol. The van der Waals surface area contributed by atoms with Gasteiger partial charge in [0.15, 0.2) is 5.84 Å². The van der Waals surface area contributed by atoms with Crippen LogP contribution in [0.15, 0.2) is 167 Å². The topological polar surface area (TPSA) is 24.7 Å². The highest BCUT2D eigenvalue weighted by Gasteiger charge is 2.23. The van der Waals surface area contributed by atoms with E-state index in [1.807, 2.05) is 73.7 Å². The number of aliphatic imine (C=N–C) groups is 2. The smallest absolute Gasteiger partial charge is 0.160 e. The lowest BCUT2D eigenvalue weighted by Crippen LogP contribution is -2.05. The van der Waals surface area contributed by atoms with E-state index < -0.39 is 0 Å². The fourth-order valence-electron chi connectivity index (χ4n) is 6.09. The maximum atomic E-state index is 13.6. The number of amidine groups is 1. The van der Waals surface area contributed by atoms with Crippen molar-refractivity contribution < 1.29 is 3.89 Å². The number of rotatable bonds is 7. The summed E-state index contributed by atoms with van der Waals surface area (Å²) < 4.78 is 13.6. The van der Waals surface area contributed by atoms with Crippen LogP contribution >= 0.6 is 12.1 Å². The Bertz CT molecular complexity index is 2130. The van der Waals surface area contributed by atoms with Gasteiger partial charge in [0, 0.05) is 21.7 Å². The molecule has 1 aliphatic carbocycles. The van der Waals surface area contributed by atoms with Crippen molar-refractivity contribution in [1.29, 1.82) is 0 Å². The second-order valence-corrected chi connectivity index (χ2v) is 12.0.